The molecule has 21 heavy (non-hydrogen) atoms. The Hall–Kier alpha value is -0.650. The molecule has 5 heteroatoms. The lowest BCUT2D eigenvalue weighted by Gasteiger charge is -2.22. The highest BCUT2D eigenvalue weighted by molar-refractivity contribution is 9.10. The summed E-state index contributed by atoms with van der Waals surface area (Å²) in [6.45, 7) is 3.81. The Bertz CT molecular complexity index is 464. The second-order valence-corrected chi connectivity index (χ2v) is 6.19. The van der Waals surface area contributed by atoms with Gasteiger partial charge in [0.15, 0.2) is 0 Å². The highest BCUT2D eigenvalue weighted by Crippen LogP contribution is 2.33. The molecule has 1 aromatic carbocycles. The van der Waals surface area contributed by atoms with Gasteiger partial charge in [0.05, 0.1) is 17.7 Å². The van der Waals surface area contributed by atoms with Gasteiger partial charge in [-0.3, -0.25) is 0 Å². The summed E-state index contributed by atoms with van der Waals surface area (Å²) in [5, 5.41) is 3.47. The Morgan fingerprint density at radius 2 is 2.33 bits per heavy atom. The van der Waals surface area contributed by atoms with Crippen LogP contribution in [0.5, 0.6) is 5.75 Å². The molecular formula is C16H23BrFNO2. The maximum absolute atomic E-state index is 13.7. The molecule has 0 spiro atoms. The first kappa shape index (κ1) is 16.7. The number of hydrogen-bond donors (Lipinski definition) is 1. The van der Waals surface area contributed by atoms with Crippen LogP contribution >= 0.6 is 15.9 Å². The maximum Gasteiger partial charge on any atom is 0.141 e. The Morgan fingerprint density at radius 3 is 2.95 bits per heavy atom. The molecule has 118 valence electrons. The minimum absolute atomic E-state index is 0.144. The molecule has 1 heterocycles. The summed E-state index contributed by atoms with van der Waals surface area (Å²) in [7, 11) is 1.58. The van der Waals surface area contributed by atoms with Crippen molar-refractivity contribution in [1.29, 1.82) is 0 Å². The number of ether oxygens (including phenoxy) is 2. The van der Waals surface area contributed by atoms with Crippen molar-refractivity contribution >= 4 is 15.9 Å². The fraction of sp³-hybridized carbons (Fsp3) is 0.625. The third-order valence-electron chi connectivity index (χ3n) is 3.90. The van der Waals surface area contributed by atoms with Gasteiger partial charge in [-0.05, 0) is 54.2 Å². The Labute approximate surface area is 134 Å². The van der Waals surface area contributed by atoms with Crippen LogP contribution in [-0.4, -0.2) is 26.4 Å². The zero-order chi connectivity index (χ0) is 15.2. The summed E-state index contributed by atoms with van der Waals surface area (Å²) >= 11 is 3.26. The van der Waals surface area contributed by atoms with Gasteiger partial charge in [-0.25, -0.2) is 4.39 Å². The summed E-state index contributed by atoms with van der Waals surface area (Å²) in [4.78, 5) is 0. The molecule has 0 aromatic heterocycles. The van der Waals surface area contributed by atoms with E-state index in [0.29, 0.717) is 16.3 Å². The molecular weight excluding hydrogens is 337 g/mol. The fourth-order valence-electron chi connectivity index (χ4n) is 2.83. The van der Waals surface area contributed by atoms with Gasteiger partial charge in [-0.15, -0.1) is 0 Å². The van der Waals surface area contributed by atoms with E-state index < -0.39 is 0 Å². The minimum atomic E-state index is -0.301. The normalized spacial score (nSPS) is 19.7. The van der Waals surface area contributed by atoms with Crippen LogP contribution in [0.15, 0.2) is 16.6 Å². The Morgan fingerprint density at radius 1 is 1.52 bits per heavy atom. The first-order valence-corrected chi connectivity index (χ1v) is 8.33. The van der Waals surface area contributed by atoms with Crippen LogP contribution in [0.4, 0.5) is 4.39 Å². The lowest BCUT2D eigenvalue weighted by Crippen LogP contribution is -2.23. The fourth-order valence-corrected chi connectivity index (χ4v) is 3.19. The van der Waals surface area contributed by atoms with Crippen molar-refractivity contribution in [3.05, 3.63) is 28.0 Å². The van der Waals surface area contributed by atoms with Gasteiger partial charge in [0, 0.05) is 24.3 Å². The molecule has 1 fully saturated rings. The SMILES string of the molecule is CCNC(CCC1CCCO1)c1cc(Br)c(F)cc1OC. The molecule has 2 rings (SSSR count). The molecule has 0 aliphatic carbocycles. The number of methoxy groups -OCH3 is 1. The lowest BCUT2D eigenvalue weighted by molar-refractivity contribution is 0.0995. The molecule has 1 N–H and O–H groups in total. The first-order valence-electron chi connectivity index (χ1n) is 7.53. The van der Waals surface area contributed by atoms with E-state index in [-0.39, 0.29) is 11.9 Å². The molecule has 3 nitrogen and oxygen atoms in total. The number of nitrogens with one attached hydrogen (secondary N) is 1. The van der Waals surface area contributed by atoms with E-state index >= 15 is 0 Å². The third kappa shape index (κ3) is 4.41. The molecule has 0 bridgehead atoms. The molecule has 1 saturated heterocycles. The van der Waals surface area contributed by atoms with Gasteiger partial charge in [0.25, 0.3) is 0 Å². The van der Waals surface area contributed by atoms with Crippen molar-refractivity contribution in [3.8, 4) is 5.75 Å². The zero-order valence-electron chi connectivity index (χ0n) is 12.6. The smallest absolute Gasteiger partial charge is 0.141 e. The van der Waals surface area contributed by atoms with E-state index in [1.807, 2.05) is 6.07 Å². The third-order valence-corrected chi connectivity index (χ3v) is 4.51. The quantitative estimate of drug-likeness (QED) is 0.790. The van der Waals surface area contributed by atoms with Crippen molar-refractivity contribution in [1.82, 2.24) is 5.32 Å². The number of halogens is 2. The highest BCUT2D eigenvalue weighted by Gasteiger charge is 2.21. The zero-order valence-corrected chi connectivity index (χ0v) is 14.2. The number of benzene rings is 1. The summed E-state index contributed by atoms with van der Waals surface area (Å²) in [5.41, 5.74) is 0.991. The molecule has 1 aliphatic rings. The van der Waals surface area contributed by atoms with E-state index in [2.05, 4.69) is 28.2 Å². The van der Waals surface area contributed by atoms with E-state index in [1.165, 1.54) is 6.07 Å². The molecule has 1 aromatic rings. The van der Waals surface area contributed by atoms with E-state index in [1.54, 1.807) is 7.11 Å². The van der Waals surface area contributed by atoms with E-state index in [4.69, 9.17) is 9.47 Å². The summed E-state index contributed by atoms with van der Waals surface area (Å²) < 4.78 is 25.2. The molecule has 0 amide bonds. The topological polar surface area (TPSA) is 30.5 Å². The Kier molecular flexibility index (Phi) is 6.45. The standard InChI is InChI=1S/C16H23BrFNO2/c1-3-19-15(7-6-11-5-4-8-21-11)12-9-13(17)14(18)10-16(12)20-2/h9-11,15,19H,3-8H2,1-2H3. The largest absolute Gasteiger partial charge is 0.496 e. The first-order chi connectivity index (χ1) is 10.2. The van der Waals surface area contributed by atoms with Crippen molar-refractivity contribution in [2.45, 2.75) is 44.8 Å². The van der Waals surface area contributed by atoms with Crippen molar-refractivity contribution < 1.29 is 13.9 Å². The summed E-state index contributed by atoms with van der Waals surface area (Å²) in [5.74, 6) is 0.291. The highest BCUT2D eigenvalue weighted by atomic mass is 79.9. The molecule has 0 saturated carbocycles. The van der Waals surface area contributed by atoms with Gasteiger partial charge >= 0.3 is 0 Å². The molecule has 2 unspecified atom stereocenters. The van der Waals surface area contributed by atoms with Crippen LogP contribution in [-0.2, 0) is 4.74 Å². The number of hydrogen-bond acceptors (Lipinski definition) is 3. The van der Waals surface area contributed by atoms with Crippen LogP contribution in [0.25, 0.3) is 0 Å². The average Bonchev–Trinajstić information content (AvgIpc) is 2.99. The van der Waals surface area contributed by atoms with Crippen LogP contribution in [0.3, 0.4) is 0 Å². The van der Waals surface area contributed by atoms with Crippen molar-refractivity contribution in [2.24, 2.45) is 0 Å². The van der Waals surface area contributed by atoms with E-state index in [9.17, 15) is 4.39 Å². The summed E-state index contributed by atoms with van der Waals surface area (Å²) in [6.07, 6.45) is 4.62. The molecule has 1 aliphatic heterocycles. The van der Waals surface area contributed by atoms with Crippen molar-refractivity contribution in [2.75, 3.05) is 20.3 Å². The maximum atomic E-state index is 13.7. The summed E-state index contributed by atoms with van der Waals surface area (Å²) in [6, 6.07) is 3.40. The van der Waals surface area contributed by atoms with Gasteiger partial charge in [-0.2, -0.15) is 0 Å². The van der Waals surface area contributed by atoms with Crippen LogP contribution in [0.2, 0.25) is 0 Å². The molecule has 2 atom stereocenters. The average molecular weight is 360 g/mol. The van der Waals surface area contributed by atoms with Crippen molar-refractivity contribution in [3.63, 3.8) is 0 Å². The lowest BCUT2D eigenvalue weighted by atomic mass is 9.98. The number of rotatable bonds is 7. The van der Waals surface area contributed by atoms with E-state index in [0.717, 1.165) is 44.4 Å². The molecule has 0 radical (unpaired) electrons. The Balaban J connectivity index is 2.13. The predicted molar refractivity (Wildman–Crippen MR) is 85.3 cm³/mol. The van der Waals surface area contributed by atoms with Gasteiger partial charge in [-0.1, -0.05) is 6.92 Å². The van der Waals surface area contributed by atoms with Crippen LogP contribution in [0.1, 0.15) is 44.2 Å². The minimum Gasteiger partial charge on any atom is -0.496 e. The van der Waals surface area contributed by atoms with Crippen LogP contribution < -0.4 is 10.1 Å². The van der Waals surface area contributed by atoms with Gasteiger partial charge < -0.3 is 14.8 Å². The van der Waals surface area contributed by atoms with Crippen LogP contribution in [0, 0.1) is 5.82 Å². The van der Waals surface area contributed by atoms with Gasteiger partial charge in [0.1, 0.15) is 11.6 Å². The van der Waals surface area contributed by atoms with Gasteiger partial charge in [0.2, 0.25) is 0 Å². The monoisotopic (exact) mass is 359 g/mol. The second kappa shape index (κ2) is 8.11. The predicted octanol–water partition coefficient (Wildman–Crippen LogP) is 4.21. The second-order valence-electron chi connectivity index (χ2n) is 5.33.